The minimum atomic E-state index is -0.508. The van der Waals surface area contributed by atoms with Crippen LogP contribution in [0.1, 0.15) is 17.3 Å². The second-order valence-corrected chi connectivity index (χ2v) is 4.58. The topological polar surface area (TPSA) is 73.1 Å². The van der Waals surface area contributed by atoms with Crippen molar-refractivity contribution in [3.05, 3.63) is 52.1 Å². The molecule has 1 aromatic heterocycles. The summed E-state index contributed by atoms with van der Waals surface area (Å²) in [4.78, 5) is 8.23. The molecule has 0 fully saturated rings. The lowest BCUT2D eigenvalue weighted by Crippen LogP contribution is -2.30. The average Bonchev–Trinajstić information content (AvgIpc) is 2.44. The summed E-state index contributed by atoms with van der Waals surface area (Å²) in [6.45, 7) is 0. The van der Waals surface area contributed by atoms with Crippen LogP contribution in [-0.2, 0) is 0 Å². The third-order valence-electron chi connectivity index (χ3n) is 2.60. The first-order valence-corrected chi connectivity index (χ1v) is 6.22. The van der Waals surface area contributed by atoms with Crippen LogP contribution in [-0.4, -0.2) is 17.1 Å². The Morgan fingerprint density at radius 1 is 1.37 bits per heavy atom. The molecule has 7 heteroatoms. The summed E-state index contributed by atoms with van der Waals surface area (Å²) in [6.07, 6.45) is 3.04. The summed E-state index contributed by atoms with van der Waals surface area (Å²) in [5.74, 6) is 5.51. The first-order chi connectivity index (χ1) is 9.17. The fraction of sp³-hybridized carbons (Fsp3) is 0.167. The van der Waals surface area contributed by atoms with Gasteiger partial charge in [-0.05, 0) is 33.6 Å². The number of nitrogens with two attached hydrogens (primary N) is 1. The Morgan fingerprint density at radius 3 is 2.74 bits per heavy atom. The summed E-state index contributed by atoms with van der Waals surface area (Å²) < 4.78 is 19.1. The standard InChI is InChI=1S/C12H12BrFN4O/c1-19-12-11(16-4-5-17-12)10(18-15)7-2-3-8(13)9(14)6-7/h2-6,10,18H,15H2,1H3. The zero-order valence-electron chi connectivity index (χ0n) is 10.1. The molecule has 19 heavy (non-hydrogen) atoms. The number of ether oxygens (including phenoxy) is 1. The smallest absolute Gasteiger partial charge is 0.237 e. The van der Waals surface area contributed by atoms with Crippen LogP contribution in [0.15, 0.2) is 35.1 Å². The molecule has 5 nitrogen and oxygen atoms in total. The highest BCUT2D eigenvalue weighted by molar-refractivity contribution is 9.10. The van der Waals surface area contributed by atoms with Crippen LogP contribution in [0.25, 0.3) is 0 Å². The normalized spacial score (nSPS) is 12.2. The molecule has 0 saturated heterocycles. The molecule has 1 atom stereocenters. The molecule has 0 bridgehead atoms. The Labute approximate surface area is 118 Å². The maximum Gasteiger partial charge on any atom is 0.237 e. The van der Waals surface area contributed by atoms with Crippen molar-refractivity contribution >= 4 is 15.9 Å². The third-order valence-corrected chi connectivity index (χ3v) is 3.24. The van der Waals surface area contributed by atoms with Crippen molar-refractivity contribution in [2.75, 3.05) is 7.11 Å². The number of hydrazine groups is 1. The SMILES string of the molecule is COc1nccnc1C(NN)c1ccc(Br)c(F)c1. The molecule has 1 unspecified atom stereocenters. The van der Waals surface area contributed by atoms with Crippen molar-refractivity contribution in [3.63, 3.8) is 0 Å². The van der Waals surface area contributed by atoms with Crippen LogP contribution in [0, 0.1) is 5.82 Å². The molecule has 0 saturated carbocycles. The molecule has 2 aromatic rings. The number of benzene rings is 1. The summed E-state index contributed by atoms with van der Waals surface area (Å²) in [7, 11) is 1.49. The van der Waals surface area contributed by atoms with Gasteiger partial charge >= 0.3 is 0 Å². The Kier molecular flexibility index (Phi) is 4.41. The van der Waals surface area contributed by atoms with Crippen LogP contribution in [0.3, 0.4) is 0 Å². The van der Waals surface area contributed by atoms with Gasteiger partial charge in [0.1, 0.15) is 11.5 Å². The Morgan fingerprint density at radius 2 is 2.11 bits per heavy atom. The molecular formula is C12H12BrFN4O. The van der Waals surface area contributed by atoms with Crippen molar-refractivity contribution in [1.82, 2.24) is 15.4 Å². The zero-order chi connectivity index (χ0) is 13.8. The Bertz CT molecular complexity index is 581. The van der Waals surface area contributed by atoms with Crippen molar-refractivity contribution in [2.45, 2.75) is 6.04 Å². The number of nitrogens with zero attached hydrogens (tertiary/aromatic N) is 2. The highest BCUT2D eigenvalue weighted by Crippen LogP contribution is 2.27. The monoisotopic (exact) mass is 326 g/mol. The van der Waals surface area contributed by atoms with Gasteiger partial charge in [-0.25, -0.2) is 14.8 Å². The molecule has 0 aliphatic heterocycles. The van der Waals surface area contributed by atoms with E-state index in [1.807, 2.05) is 0 Å². The summed E-state index contributed by atoms with van der Waals surface area (Å²) >= 11 is 3.11. The fourth-order valence-electron chi connectivity index (χ4n) is 1.72. The molecule has 0 radical (unpaired) electrons. The Balaban J connectivity index is 2.46. The molecule has 1 aromatic carbocycles. The van der Waals surface area contributed by atoms with Crippen molar-refractivity contribution in [3.8, 4) is 5.88 Å². The summed E-state index contributed by atoms with van der Waals surface area (Å²) in [5.41, 5.74) is 3.71. The maximum atomic E-state index is 13.6. The molecule has 0 aliphatic rings. The van der Waals surface area contributed by atoms with E-state index < -0.39 is 6.04 Å². The van der Waals surface area contributed by atoms with Gasteiger partial charge in [0.2, 0.25) is 5.88 Å². The van der Waals surface area contributed by atoms with Gasteiger partial charge in [0.05, 0.1) is 17.6 Å². The number of aromatic nitrogens is 2. The highest BCUT2D eigenvalue weighted by Gasteiger charge is 2.20. The van der Waals surface area contributed by atoms with Gasteiger partial charge in [0.25, 0.3) is 0 Å². The molecule has 2 rings (SSSR count). The van der Waals surface area contributed by atoms with Crippen LogP contribution < -0.4 is 16.0 Å². The number of methoxy groups -OCH3 is 1. The fourth-order valence-corrected chi connectivity index (χ4v) is 1.96. The largest absolute Gasteiger partial charge is 0.480 e. The summed E-state index contributed by atoms with van der Waals surface area (Å²) in [6, 6.07) is 4.22. The number of halogens is 2. The highest BCUT2D eigenvalue weighted by atomic mass is 79.9. The predicted octanol–water partition coefficient (Wildman–Crippen LogP) is 1.94. The van der Waals surface area contributed by atoms with Gasteiger partial charge in [-0.15, -0.1) is 0 Å². The van der Waals surface area contributed by atoms with Crippen LogP contribution in [0.5, 0.6) is 5.88 Å². The first kappa shape index (κ1) is 13.9. The van der Waals surface area contributed by atoms with Gasteiger partial charge in [-0.2, -0.15) is 0 Å². The van der Waals surface area contributed by atoms with E-state index in [0.717, 1.165) is 0 Å². The van der Waals surface area contributed by atoms with E-state index in [2.05, 4.69) is 31.3 Å². The van der Waals surface area contributed by atoms with Crippen molar-refractivity contribution in [1.29, 1.82) is 0 Å². The Hall–Kier alpha value is -1.57. The van der Waals surface area contributed by atoms with Gasteiger partial charge in [0.15, 0.2) is 0 Å². The third kappa shape index (κ3) is 2.89. The maximum absolute atomic E-state index is 13.6. The quantitative estimate of drug-likeness (QED) is 0.663. The zero-order valence-corrected chi connectivity index (χ0v) is 11.7. The van der Waals surface area contributed by atoms with Crippen molar-refractivity contribution < 1.29 is 9.13 Å². The van der Waals surface area contributed by atoms with E-state index in [9.17, 15) is 4.39 Å². The predicted molar refractivity (Wildman–Crippen MR) is 71.9 cm³/mol. The van der Waals surface area contributed by atoms with Gasteiger partial charge in [-0.1, -0.05) is 6.07 Å². The van der Waals surface area contributed by atoms with Crippen LogP contribution in [0.4, 0.5) is 4.39 Å². The van der Waals surface area contributed by atoms with Gasteiger partial charge in [-0.3, -0.25) is 10.8 Å². The molecule has 0 aliphatic carbocycles. The van der Waals surface area contributed by atoms with E-state index in [4.69, 9.17) is 10.6 Å². The summed E-state index contributed by atoms with van der Waals surface area (Å²) in [5, 5.41) is 0. The molecule has 0 amide bonds. The van der Waals surface area contributed by atoms with Gasteiger partial charge < -0.3 is 4.74 Å². The van der Waals surface area contributed by atoms with E-state index in [1.54, 1.807) is 12.1 Å². The van der Waals surface area contributed by atoms with E-state index >= 15 is 0 Å². The minimum absolute atomic E-state index is 0.341. The van der Waals surface area contributed by atoms with E-state index in [0.29, 0.717) is 21.6 Å². The minimum Gasteiger partial charge on any atom is -0.480 e. The van der Waals surface area contributed by atoms with Gasteiger partial charge in [0, 0.05) is 12.4 Å². The van der Waals surface area contributed by atoms with Crippen molar-refractivity contribution in [2.24, 2.45) is 5.84 Å². The number of nitrogens with one attached hydrogen (secondary N) is 1. The van der Waals surface area contributed by atoms with Crippen LogP contribution in [0.2, 0.25) is 0 Å². The molecular weight excluding hydrogens is 315 g/mol. The molecule has 100 valence electrons. The number of hydrogen-bond donors (Lipinski definition) is 2. The first-order valence-electron chi connectivity index (χ1n) is 5.43. The molecule has 3 N–H and O–H groups in total. The second kappa shape index (κ2) is 6.05. The molecule has 0 spiro atoms. The van der Waals surface area contributed by atoms with E-state index in [1.165, 1.54) is 25.6 Å². The molecule has 1 heterocycles. The lowest BCUT2D eigenvalue weighted by atomic mass is 10.0. The van der Waals surface area contributed by atoms with Crippen LogP contribution >= 0.6 is 15.9 Å². The lowest BCUT2D eigenvalue weighted by Gasteiger charge is -2.17. The number of rotatable bonds is 4. The second-order valence-electron chi connectivity index (χ2n) is 3.72. The number of hydrogen-bond acceptors (Lipinski definition) is 5. The van der Waals surface area contributed by atoms with E-state index in [-0.39, 0.29) is 5.82 Å². The lowest BCUT2D eigenvalue weighted by molar-refractivity contribution is 0.383. The average molecular weight is 327 g/mol.